The van der Waals surface area contributed by atoms with Crippen LogP contribution < -0.4 is 0 Å². The molecule has 76 fully saturated rings. The Kier molecular flexibility index (Phi) is 1.25. The van der Waals surface area contributed by atoms with Crippen molar-refractivity contribution in [1.82, 2.24) is 0 Å². The van der Waals surface area contributed by atoms with Gasteiger partial charge in [-0.2, -0.15) is 0 Å². The maximum Gasteiger partial charge on any atom is -0.00000138 e. The zero-order chi connectivity index (χ0) is 51.6. The second-order valence-electron chi connectivity index (χ2n) is 65.1. The standard InChI is InChI=1S/C96H42/c1-2-38-31-12-4-8-15-14-7-3-9-16-20-24-21-17-10-5-11-18-22-25-27-26-23-19-13-6-37(1)32-30-33(38)63-59(30)61(32)44(13,37)48(19)52(23)55(26)56(27)54(25)51(22)47(18)41(10,11)46(17)50(21)53(24)49(20)45(16)39(7,9)34-28-29-35-42(14)43(15)36-40(8,12)60(31)65(36)68(43)67(42)64(35)58(29)57(28)62(34,45)71(49)74(53)72(50)69(46,47)73(51)78(54)80(56)79(55)75(52)70(48,61)77(59)82(63)84(65,66(38,60)63)86(68)85(67)83(64)81(58)76(57,71)88(74)87(72,73)90(78)91(81,88)95(83)93(80,90)92(79)89(75,77)94(82,86)96(85,92)95/h7-36H,1-6H2. The molecule has 0 bridgehead atoms. The van der Waals surface area contributed by atoms with E-state index in [4.69, 9.17) is 0 Å². The summed E-state index contributed by atoms with van der Waals surface area (Å²) in [4.78, 5) is 0. The van der Waals surface area contributed by atoms with Gasteiger partial charge in [0.1, 0.15) is 0 Å². The lowest BCUT2D eigenvalue weighted by Gasteiger charge is -3.82. The SMILES string of the molecule is C1C2C3C4C5CC6C7C89CCC%10%11CC%12C%13C%14C%15C%16C%17C%18C%19C%20CC%21C%22C%23C%24C%25C%26C1C21C2C%27C%28C%29C3%30C43C4C56C75C46C34C%303C%297C%28%29C%27%28C2%27C%261C%251C%242C%23%24C%22%23C%21%20C%19%20C%18%19C%17%18C%16%17C%15%16C%14%15C%13%14C%12%10C%10%12C%11C%11C8C8%13C%11%10C%10%11C%12%14C%15%12C%16%14C%17%15C%18%16C%19%17C%23%20C%24%18C2%19C1%27C%281C%292C7%20C37C43C6(C958)C%13%10C34C%11%12C%143C%155C%166C%18%17C%191C26C%205C743. The highest BCUT2D eigenvalue weighted by Gasteiger charge is 3.89. The molecule has 0 nitrogen and oxygen atoms in total. The quantitative estimate of drug-likeness (QED) is 0.236. The van der Waals surface area contributed by atoms with Gasteiger partial charge >= 0.3 is 0 Å². The van der Waals surface area contributed by atoms with Crippen LogP contribution in [0.5, 0.6) is 0 Å². The maximum atomic E-state index is 2.04. The average molecular weight is 1200 g/mol. The van der Waals surface area contributed by atoms with Crippen molar-refractivity contribution in [2.24, 2.45) is 405 Å². The third kappa shape index (κ3) is 0.530. The van der Waals surface area contributed by atoms with Crippen LogP contribution in [-0.4, -0.2) is 0 Å². The number of fused-ring (bicyclic) bond motifs is 18. The third-order valence-electron chi connectivity index (χ3n) is 90.4. The Hall–Kier alpha value is 0. The summed E-state index contributed by atoms with van der Waals surface area (Å²) in [5, 5.41) is 0. The van der Waals surface area contributed by atoms with Crippen LogP contribution in [0.25, 0.3) is 0 Å². The molecule has 76 saturated carbocycles. The van der Waals surface area contributed by atoms with Gasteiger partial charge in [-0.05, 0) is 541 Å². The first kappa shape index (κ1) is 29.6. The van der Waals surface area contributed by atoms with Crippen LogP contribution in [0.15, 0.2) is 0 Å². The van der Waals surface area contributed by atoms with Crippen molar-refractivity contribution in [3.63, 3.8) is 0 Å². The molecule has 76 aliphatic carbocycles. The van der Waals surface area contributed by atoms with Crippen molar-refractivity contribution in [1.29, 1.82) is 0 Å². The molecule has 0 saturated heterocycles. The lowest BCUT2D eigenvalue weighted by Crippen LogP contribution is -3.78. The van der Waals surface area contributed by atoms with Crippen LogP contribution in [0.1, 0.15) is 38.5 Å². The van der Waals surface area contributed by atoms with Gasteiger partial charge in [0.2, 0.25) is 0 Å². The van der Waals surface area contributed by atoms with E-state index < -0.39 is 0 Å². The molecule has 0 aromatic heterocycles. The van der Waals surface area contributed by atoms with E-state index in [0.717, 1.165) is 238 Å². The molecular formula is C96H42. The summed E-state index contributed by atoms with van der Waals surface area (Å²) in [7, 11) is 0. The Morgan fingerprint density at radius 2 is 0.573 bits per heavy atom. The van der Waals surface area contributed by atoms with Crippen molar-refractivity contribution < 1.29 is 0 Å². The summed E-state index contributed by atoms with van der Waals surface area (Å²) in [5.41, 5.74) is 68.4. The summed E-state index contributed by atoms with van der Waals surface area (Å²) >= 11 is 0. The number of hydrogen-bond donors (Lipinski definition) is 0. The Morgan fingerprint density at radius 1 is 0.167 bits per heavy atom. The van der Waals surface area contributed by atoms with Crippen molar-refractivity contribution >= 4 is 0 Å². The first-order chi connectivity index (χ1) is 47.8. The number of rotatable bonds is 0. The van der Waals surface area contributed by atoms with Gasteiger partial charge in [0.15, 0.2) is 0 Å². The van der Waals surface area contributed by atoms with Gasteiger partial charge in [0.05, 0.1) is 0 Å². The van der Waals surface area contributed by atoms with Gasteiger partial charge in [0, 0.05) is 0 Å². The van der Waals surface area contributed by atoms with Gasteiger partial charge in [-0.1, -0.05) is 0 Å². The lowest BCUT2D eigenvalue weighted by atomic mass is 8.20. The van der Waals surface area contributed by atoms with E-state index >= 15 is 0 Å². The summed E-state index contributed by atoms with van der Waals surface area (Å²) in [6, 6.07) is 0. The van der Waals surface area contributed by atoms with E-state index in [1.807, 2.05) is 38.5 Å². The third-order valence-corrected chi connectivity index (χ3v) is 90.4. The first-order valence-electron chi connectivity index (χ1n) is 47.8. The zero-order valence-electron chi connectivity index (χ0n) is 51.6. The average Bonchev–Trinajstić information content (AvgIpc) is 0.442. The highest BCUT2D eigenvalue weighted by Crippen LogP contribution is 3.93. The lowest BCUT2D eigenvalue weighted by molar-refractivity contribution is -1.16. The second kappa shape index (κ2) is 4.04. The van der Waals surface area contributed by atoms with Crippen LogP contribution in [-0.2, 0) is 0 Å². The topological polar surface area (TPSA) is 0 Å². The fourth-order valence-electron chi connectivity index (χ4n) is 120. The molecule has 0 heterocycles. The van der Waals surface area contributed by atoms with Gasteiger partial charge in [-0.25, -0.2) is 0 Å². The normalized spacial score (nSPS) is 155. The molecule has 90 unspecified atom stereocenters. The molecule has 0 N–H and O–H groups in total. The molecule has 0 heteroatoms. The van der Waals surface area contributed by atoms with Crippen molar-refractivity contribution in [3.05, 3.63) is 97.5 Å². The summed E-state index contributed by atoms with van der Waals surface area (Å²) in [6.45, 7) is 0. The fourth-order valence-corrected chi connectivity index (χ4v) is 120. The smallest absolute Gasteiger partial charge is 0.00000138 e. The summed E-state index contributed by atoms with van der Waals surface area (Å²) < 4.78 is 0. The number of hydrogen-bond acceptors (Lipinski definition) is 0. The first-order valence-corrected chi connectivity index (χ1v) is 47.8. The Morgan fingerprint density at radius 3 is 1.25 bits per heavy atom. The molecular weight excluding hydrogens is 1150 g/mol. The van der Waals surface area contributed by atoms with Gasteiger partial charge in [-0.3, -0.25) is 0 Å². The van der Waals surface area contributed by atoms with Crippen molar-refractivity contribution in [2.45, 2.75) is 38.5 Å². The Balaban J connectivity index is 0.655. The largest absolute Gasteiger partial charge is 0.0461 e. The molecule has 90 atom stereocenters. The van der Waals surface area contributed by atoms with E-state index in [9.17, 15) is 0 Å². The predicted octanol–water partition coefficient (Wildman–Crippen LogP) is 7.49. The van der Waals surface area contributed by atoms with E-state index in [2.05, 4.69) is 0 Å². The molecule has 426 valence electrons. The monoisotopic (exact) mass is 1190 g/mol. The summed E-state index contributed by atoms with van der Waals surface area (Å²) in [6.07, 6.45) is 12.0. The van der Waals surface area contributed by atoms with Gasteiger partial charge in [-0.15, -0.1) is 0 Å². The zero-order valence-corrected chi connectivity index (χ0v) is 51.6. The summed E-state index contributed by atoms with van der Waals surface area (Å²) in [5.74, 6) is 43.6. The van der Waals surface area contributed by atoms with Crippen LogP contribution in [0.2, 0.25) is 0 Å². The molecule has 76 aliphatic rings. The van der Waals surface area contributed by atoms with E-state index in [-0.39, 0.29) is 0 Å². The highest BCUT2D eigenvalue weighted by atomic mass is 15.9. The molecule has 60 spiro atoms. The van der Waals surface area contributed by atoms with Crippen molar-refractivity contribution in [2.75, 3.05) is 0 Å². The molecule has 76 rings (SSSR count). The molecule has 0 radical (unpaired) electrons. The molecule has 0 aliphatic heterocycles. The molecule has 0 aromatic rings. The van der Waals surface area contributed by atoms with Crippen molar-refractivity contribution in [3.8, 4) is 0 Å². The van der Waals surface area contributed by atoms with E-state index in [1.165, 1.54) is 264 Å². The molecule has 0 aromatic carbocycles. The fraction of sp³-hybridized carbons (Fsp3) is 1.00. The van der Waals surface area contributed by atoms with Crippen LogP contribution in [0, 0.1) is 502 Å². The second-order valence-corrected chi connectivity index (χ2v) is 65.1. The molecule has 96 heavy (non-hydrogen) atoms. The van der Waals surface area contributed by atoms with E-state index in [1.54, 1.807) is 0 Å². The van der Waals surface area contributed by atoms with Crippen LogP contribution >= 0.6 is 0 Å². The van der Waals surface area contributed by atoms with Crippen LogP contribution in [0.4, 0.5) is 0 Å². The highest BCUT2D eigenvalue weighted by molar-refractivity contribution is 6.83. The Bertz CT molecular complexity index is 8060. The minimum Gasteiger partial charge on any atom is -0.0461 e. The van der Waals surface area contributed by atoms with Gasteiger partial charge in [0.25, 0.3) is 0 Å². The Labute approximate surface area is 537 Å². The minimum absolute atomic E-state index is 1.01. The minimum atomic E-state index is 1.01. The van der Waals surface area contributed by atoms with E-state index in [0.29, 0.717) is 0 Å². The maximum absolute atomic E-state index is 2.04. The van der Waals surface area contributed by atoms with Gasteiger partial charge < -0.3 is 0 Å². The molecule has 0 amide bonds. The predicted molar refractivity (Wildman–Crippen MR) is 293 cm³/mol. The van der Waals surface area contributed by atoms with Crippen LogP contribution in [0.3, 0.4) is 0 Å².